The van der Waals surface area contributed by atoms with E-state index in [2.05, 4.69) is 5.32 Å². The van der Waals surface area contributed by atoms with E-state index >= 15 is 0 Å². The molecule has 0 aromatic heterocycles. The van der Waals surface area contributed by atoms with Crippen molar-refractivity contribution in [1.29, 1.82) is 0 Å². The number of hydrogen-bond donors (Lipinski definition) is 1. The lowest BCUT2D eigenvalue weighted by molar-refractivity contribution is -0.116. The Balaban J connectivity index is 1.88. The Bertz CT molecular complexity index is 1160. The van der Waals surface area contributed by atoms with E-state index in [9.17, 15) is 17.6 Å². The topological polar surface area (TPSA) is 66.5 Å². The van der Waals surface area contributed by atoms with Gasteiger partial charge in [0.1, 0.15) is 5.82 Å². The molecule has 3 aromatic carbocycles. The molecule has 0 aliphatic carbocycles. The molecule has 0 aliphatic heterocycles. The van der Waals surface area contributed by atoms with Gasteiger partial charge in [0, 0.05) is 17.3 Å². The molecule has 5 nitrogen and oxygen atoms in total. The zero-order valence-electron chi connectivity index (χ0n) is 17.1. The van der Waals surface area contributed by atoms with Crippen LogP contribution in [0.15, 0.2) is 71.6 Å². The van der Waals surface area contributed by atoms with E-state index in [0.29, 0.717) is 16.3 Å². The van der Waals surface area contributed by atoms with E-state index in [4.69, 9.17) is 11.6 Å². The summed E-state index contributed by atoms with van der Waals surface area (Å²) in [6.45, 7) is 3.32. The molecule has 0 unspecified atom stereocenters. The minimum atomic E-state index is -4.01. The van der Waals surface area contributed by atoms with Gasteiger partial charge in [-0.1, -0.05) is 29.8 Å². The molecule has 0 saturated heterocycles. The summed E-state index contributed by atoms with van der Waals surface area (Å²) in [7, 11) is -4.01. The largest absolute Gasteiger partial charge is 0.325 e. The summed E-state index contributed by atoms with van der Waals surface area (Å²) in [5, 5.41) is 3.16. The second-order valence-corrected chi connectivity index (χ2v) is 9.65. The third-order valence-electron chi connectivity index (χ3n) is 4.55. The van der Waals surface area contributed by atoms with E-state index in [1.165, 1.54) is 48.5 Å². The maximum Gasteiger partial charge on any atom is 0.243 e. The van der Waals surface area contributed by atoms with Crippen LogP contribution >= 0.6 is 11.6 Å². The molecule has 0 spiro atoms. The highest BCUT2D eigenvalue weighted by Gasteiger charge is 2.27. The second kappa shape index (κ2) is 9.60. The number of aryl methyl sites for hydroxylation is 2. The van der Waals surface area contributed by atoms with Crippen molar-refractivity contribution in [2.45, 2.75) is 25.3 Å². The number of nitrogens with zero attached hydrogens (tertiary/aromatic N) is 1. The molecule has 1 N–H and O–H groups in total. The number of hydrogen-bond acceptors (Lipinski definition) is 3. The number of rotatable bonds is 7. The maximum absolute atomic E-state index is 13.3. The first-order valence-electron chi connectivity index (χ1n) is 9.52. The van der Waals surface area contributed by atoms with Gasteiger partial charge in [0.05, 0.1) is 11.4 Å². The number of amides is 1. The molecular formula is C23H22ClFN2O3S. The van der Waals surface area contributed by atoms with Crippen LogP contribution in [-0.2, 0) is 21.4 Å². The van der Waals surface area contributed by atoms with Crippen LogP contribution in [-0.4, -0.2) is 25.2 Å². The standard InChI is InChI=1S/C23H22ClFN2O3S/c1-16-11-17(2)13-21(12-16)26-23(28)15-27(14-18-3-7-20(25)8-4-18)31(29,30)22-9-5-19(24)6-10-22/h3-13H,14-15H2,1-2H3,(H,26,28). The maximum atomic E-state index is 13.3. The molecule has 162 valence electrons. The van der Waals surface area contributed by atoms with E-state index < -0.39 is 28.3 Å². The highest BCUT2D eigenvalue weighted by atomic mass is 35.5. The molecule has 0 fully saturated rings. The molecule has 8 heteroatoms. The number of nitrogens with one attached hydrogen (secondary N) is 1. The normalized spacial score (nSPS) is 11.5. The lowest BCUT2D eigenvalue weighted by Crippen LogP contribution is -2.37. The van der Waals surface area contributed by atoms with Crippen molar-refractivity contribution in [3.8, 4) is 0 Å². The zero-order chi connectivity index (χ0) is 22.6. The van der Waals surface area contributed by atoms with E-state index in [0.717, 1.165) is 15.4 Å². The predicted molar refractivity (Wildman–Crippen MR) is 120 cm³/mol. The van der Waals surface area contributed by atoms with Gasteiger partial charge >= 0.3 is 0 Å². The van der Waals surface area contributed by atoms with Crippen LogP contribution in [0.5, 0.6) is 0 Å². The van der Waals surface area contributed by atoms with Gasteiger partial charge in [-0.3, -0.25) is 4.79 Å². The predicted octanol–water partition coefficient (Wildman–Crippen LogP) is 4.93. The average molecular weight is 461 g/mol. The molecule has 0 heterocycles. The van der Waals surface area contributed by atoms with Crippen molar-refractivity contribution >= 4 is 33.2 Å². The second-order valence-electron chi connectivity index (χ2n) is 7.28. The van der Waals surface area contributed by atoms with Crippen LogP contribution in [0.25, 0.3) is 0 Å². The number of anilines is 1. The Morgan fingerprint density at radius 1 is 0.968 bits per heavy atom. The highest BCUT2D eigenvalue weighted by molar-refractivity contribution is 7.89. The summed E-state index contributed by atoms with van der Waals surface area (Å²) in [5.41, 5.74) is 3.10. The van der Waals surface area contributed by atoms with Crippen molar-refractivity contribution in [2.24, 2.45) is 0 Å². The van der Waals surface area contributed by atoms with E-state index in [-0.39, 0.29) is 11.4 Å². The van der Waals surface area contributed by atoms with Gasteiger partial charge in [-0.2, -0.15) is 4.31 Å². The van der Waals surface area contributed by atoms with Crippen LogP contribution < -0.4 is 5.32 Å². The van der Waals surface area contributed by atoms with Gasteiger partial charge in [-0.15, -0.1) is 0 Å². The summed E-state index contributed by atoms with van der Waals surface area (Å²) in [5.74, 6) is -0.909. The fourth-order valence-electron chi connectivity index (χ4n) is 3.18. The summed E-state index contributed by atoms with van der Waals surface area (Å²) in [6.07, 6.45) is 0. The lowest BCUT2D eigenvalue weighted by Gasteiger charge is -2.22. The quantitative estimate of drug-likeness (QED) is 0.544. The third-order valence-corrected chi connectivity index (χ3v) is 6.61. The summed E-state index contributed by atoms with van der Waals surface area (Å²) in [6, 6.07) is 16.8. The van der Waals surface area contributed by atoms with Crippen molar-refractivity contribution in [3.05, 3.63) is 94.3 Å². The van der Waals surface area contributed by atoms with Gasteiger partial charge in [-0.05, 0) is 79.1 Å². The van der Waals surface area contributed by atoms with E-state index in [1.54, 1.807) is 0 Å². The highest BCUT2D eigenvalue weighted by Crippen LogP contribution is 2.21. The Morgan fingerprint density at radius 3 is 2.13 bits per heavy atom. The number of benzene rings is 3. The van der Waals surface area contributed by atoms with E-state index in [1.807, 2.05) is 32.0 Å². The monoisotopic (exact) mass is 460 g/mol. The van der Waals surface area contributed by atoms with Crippen molar-refractivity contribution in [1.82, 2.24) is 4.31 Å². The minimum absolute atomic E-state index is 0.0122. The van der Waals surface area contributed by atoms with Crippen molar-refractivity contribution in [3.63, 3.8) is 0 Å². The Hall–Kier alpha value is -2.74. The molecule has 0 radical (unpaired) electrons. The number of sulfonamides is 1. The lowest BCUT2D eigenvalue weighted by atomic mass is 10.1. The molecule has 0 atom stereocenters. The summed E-state index contributed by atoms with van der Waals surface area (Å²) >= 11 is 5.88. The summed E-state index contributed by atoms with van der Waals surface area (Å²) in [4.78, 5) is 12.7. The molecule has 0 aliphatic rings. The van der Waals surface area contributed by atoms with Crippen LogP contribution in [0.3, 0.4) is 0 Å². The Labute approximate surface area is 186 Å². The molecule has 0 bridgehead atoms. The van der Waals surface area contributed by atoms with Crippen LogP contribution in [0.2, 0.25) is 5.02 Å². The number of halogens is 2. The molecule has 1 amide bonds. The molecular weight excluding hydrogens is 439 g/mol. The fourth-order valence-corrected chi connectivity index (χ4v) is 4.69. The van der Waals surface area contributed by atoms with Gasteiger partial charge in [-0.25, -0.2) is 12.8 Å². The number of carbonyl (C=O) groups is 1. The SMILES string of the molecule is Cc1cc(C)cc(NC(=O)CN(Cc2ccc(F)cc2)S(=O)(=O)c2ccc(Cl)cc2)c1. The van der Waals surface area contributed by atoms with Gasteiger partial charge in [0.25, 0.3) is 0 Å². The van der Waals surface area contributed by atoms with Gasteiger partial charge in [0.15, 0.2) is 0 Å². The zero-order valence-corrected chi connectivity index (χ0v) is 18.7. The first kappa shape index (κ1) is 22.9. The van der Waals surface area contributed by atoms with Crippen LogP contribution in [0, 0.1) is 19.7 Å². The third kappa shape index (κ3) is 6.13. The van der Waals surface area contributed by atoms with Crippen molar-refractivity contribution in [2.75, 3.05) is 11.9 Å². The molecule has 3 aromatic rings. The van der Waals surface area contributed by atoms with Crippen LogP contribution in [0.1, 0.15) is 16.7 Å². The fraction of sp³-hybridized carbons (Fsp3) is 0.174. The summed E-state index contributed by atoms with van der Waals surface area (Å²) < 4.78 is 40.8. The van der Waals surface area contributed by atoms with Crippen LogP contribution in [0.4, 0.5) is 10.1 Å². The molecule has 3 rings (SSSR count). The Kier molecular flexibility index (Phi) is 7.10. The van der Waals surface area contributed by atoms with Crippen molar-refractivity contribution < 1.29 is 17.6 Å². The first-order valence-corrected chi connectivity index (χ1v) is 11.3. The first-order chi connectivity index (χ1) is 14.6. The minimum Gasteiger partial charge on any atom is -0.325 e. The smallest absolute Gasteiger partial charge is 0.243 e. The average Bonchev–Trinajstić information content (AvgIpc) is 2.68. The Morgan fingerprint density at radius 2 is 1.55 bits per heavy atom. The van der Waals surface area contributed by atoms with Gasteiger partial charge in [0.2, 0.25) is 15.9 Å². The molecule has 31 heavy (non-hydrogen) atoms. The number of carbonyl (C=O) groups excluding carboxylic acids is 1. The molecule has 0 saturated carbocycles. The van der Waals surface area contributed by atoms with Gasteiger partial charge < -0.3 is 5.32 Å².